The third-order valence-electron chi connectivity index (χ3n) is 7.24. The van der Waals surface area contributed by atoms with E-state index in [1.807, 2.05) is 25.7 Å². The highest BCUT2D eigenvalue weighted by molar-refractivity contribution is 7.92. The fourth-order valence-electron chi connectivity index (χ4n) is 5.24. The highest BCUT2D eigenvalue weighted by Gasteiger charge is 2.41. The van der Waals surface area contributed by atoms with Gasteiger partial charge < -0.3 is 9.80 Å². The lowest BCUT2D eigenvalue weighted by Gasteiger charge is -2.43. The number of rotatable bonds is 4. The fraction of sp³-hybridized carbons (Fsp3) is 0.310. The zero-order valence-corrected chi connectivity index (χ0v) is 24.7. The van der Waals surface area contributed by atoms with Crippen molar-refractivity contribution in [3.05, 3.63) is 82.9 Å². The first-order chi connectivity index (χ1) is 19.4. The Morgan fingerprint density at radius 3 is 2.59 bits per heavy atom. The second-order valence-corrected chi connectivity index (χ2v) is 12.2. The van der Waals surface area contributed by atoms with E-state index in [9.17, 15) is 17.6 Å². The Morgan fingerprint density at radius 2 is 1.93 bits per heavy atom. The van der Waals surface area contributed by atoms with Crippen molar-refractivity contribution in [2.75, 3.05) is 23.9 Å². The van der Waals surface area contributed by atoms with Crippen LogP contribution in [0.4, 0.5) is 15.9 Å². The average Bonchev–Trinajstić information content (AvgIpc) is 2.92. The summed E-state index contributed by atoms with van der Waals surface area (Å²) in [6.07, 6.45) is 2.89. The van der Waals surface area contributed by atoms with Crippen LogP contribution in [0.15, 0.2) is 59.6 Å². The van der Waals surface area contributed by atoms with E-state index in [4.69, 9.17) is 16.6 Å². The molecule has 0 spiro atoms. The highest BCUT2D eigenvalue weighted by atomic mass is 35.5. The maximum absolute atomic E-state index is 14.9. The molecule has 214 valence electrons. The number of benzene rings is 1. The number of hydrogen-bond donors (Lipinski definition) is 0. The number of piperazine rings is 1. The Balaban J connectivity index is 1.76. The highest BCUT2D eigenvalue weighted by Crippen LogP contribution is 2.43. The van der Waals surface area contributed by atoms with Gasteiger partial charge in [0.1, 0.15) is 5.82 Å². The molecule has 2 aliphatic rings. The molecule has 5 rings (SSSR count). The number of halogens is 2. The van der Waals surface area contributed by atoms with Gasteiger partial charge in [-0.2, -0.15) is 12.7 Å². The molecule has 1 amide bonds. The van der Waals surface area contributed by atoms with Crippen molar-refractivity contribution in [1.29, 1.82) is 0 Å². The van der Waals surface area contributed by atoms with Crippen LogP contribution in [0.1, 0.15) is 43.5 Å². The molecule has 2 aliphatic heterocycles. The van der Waals surface area contributed by atoms with Crippen molar-refractivity contribution >= 4 is 45.1 Å². The summed E-state index contributed by atoms with van der Waals surface area (Å²) < 4.78 is 48.5. The molecule has 12 heteroatoms. The van der Waals surface area contributed by atoms with Crippen molar-refractivity contribution in [3.63, 3.8) is 0 Å². The molecule has 1 aromatic carbocycles. The standard InChI is InChI=1S/C29H30ClFN6O3S/c1-6-24(38)35-13-14-36(19(5)16-35)29-21-15-22(30)26(20-9-7-8-10-23(20)31)33-28(21)37(41(39,40)34-29)27-18(4)11-12-32-25(27)17(2)3/h6-12,15,17,19H,1,13-14,16H2,2-5H3/t19-/m0/s1. The van der Waals surface area contributed by atoms with E-state index in [0.717, 1.165) is 4.31 Å². The van der Waals surface area contributed by atoms with Crippen LogP contribution < -0.4 is 4.31 Å². The average molecular weight is 597 g/mol. The number of carbonyl (C=O) groups excluding carboxylic acids is 1. The van der Waals surface area contributed by atoms with Crippen molar-refractivity contribution in [2.45, 2.75) is 39.7 Å². The summed E-state index contributed by atoms with van der Waals surface area (Å²) in [4.78, 5) is 25.0. The van der Waals surface area contributed by atoms with Gasteiger partial charge in [-0.3, -0.25) is 9.78 Å². The van der Waals surface area contributed by atoms with E-state index in [1.165, 1.54) is 12.1 Å². The first kappa shape index (κ1) is 28.7. The Labute approximate surface area is 244 Å². The third-order valence-corrected chi connectivity index (χ3v) is 8.75. The summed E-state index contributed by atoms with van der Waals surface area (Å²) in [5, 5.41) is 0.140. The number of amides is 1. The van der Waals surface area contributed by atoms with Gasteiger partial charge in [0.25, 0.3) is 0 Å². The van der Waals surface area contributed by atoms with Gasteiger partial charge in [0.05, 0.1) is 27.7 Å². The van der Waals surface area contributed by atoms with Crippen LogP contribution in [-0.2, 0) is 15.0 Å². The molecule has 0 saturated carbocycles. The number of nitrogens with zero attached hydrogens (tertiary/aromatic N) is 6. The molecule has 1 saturated heterocycles. The Kier molecular flexibility index (Phi) is 7.60. The Bertz CT molecular complexity index is 1690. The SMILES string of the molecule is C=CC(=O)N1CCN(C2=NS(=O)(=O)N(c3c(C)ccnc3C(C)C)c3nc(-c4ccccc4F)c(Cl)cc32)[C@@H](C)C1. The van der Waals surface area contributed by atoms with Crippen LogP contribution in [0.25, 0.3) is 11.3 Å². The maximum atomic E-state index is 14.9. The van der Waals surface area contributed by atoms with Gasteiger partial charge in [0.15, 0.2) is 11.7 Å². The molecule has 0 bridgehead atoms. The maximum Gasteiger partial charge on any atom is 0.352 e. The largest absolute Gasteiger partial charge is 0.352 e. The Hall–Kier alpha value is -3.83. The fourth-order valence-corrected chi connectivity index (χ4v) is 6.82. The van der Waals surface area contributed by atoms with E-state index in [-0.39, 0.29) is 45.8 Å². The number of hydrogen-bond acceptors (Lipinski definition) is 6. The molecular weight excluding hydrogens is 567 g/mol. The zero-order valence-electron chi connectivity index (χ0n) is 23.2. The minimum atomic E-state index is -4.40. The van der Waals surface area contributed by atoms with Crippen LogP contribution >= 0.6 is 11.6 Å². The van der Waals surface area contributed by atoms with E-state index in [0.29, 0.717) is 42.1 Å². The molecule has 3 aromatic rings. The molecule has 0 unspecified atom stereocenters. The summed E-state index contributed by atoms with van der Waals surface area (Å²) in [6, 6.07) is 9.07. The van der Waals surface area contributed by atoms with Gasteiger partial charge in [-0.15, -0.1) is 4.40 Å². The topological polar surface area (TPSA) is 99.1 Å². The van der Waals surface area contributed by atoms with Gasteiger partial charge in [0.2, 0.25) is 5.91 Å². The second kappa shape index (κ2) is 10.9. The van der Waals surface area contributed by atoms with Crippen LogP contribution in [0.2, 0.25) is 5.02 Å². The van der Waals surface area contributed by atoms with Gasteiger partial charge >= 0.3 is 10.2 Å². The summed E-state index contributed by atoms with van der Waals surface area (Å²) in [6.45, 7) is 12.1. The van der Waals surface area contributed by atoms with E-state index >= 15 is 0 Å². The smallest absolute Gasteiger partial charge is 0.349 e. The van der Waals surface area contributed by atoms with Crippen LogP contribution in [0.5, 0.6) is 0 Å². The lowest BCUT2D eigenvalue weighted by molar-refractivity contribution is -0.128. The molecule has 9 nitrogen and oxygen atoms in total. The van der Waals surface area contributed by atoms with Gasteiger partial charge in [-0.1, -0.05) is 44.2 Å². The van der Waals surface area contributed by atoms with Gasteiger partial charge in [0, 0.05) is 37.4 Å². The lowest BCUT2D eigenvalue weighted by atomic mass is 10.0. The third kappa shape index (κ3) is 5.08. The predicted molar refractivity (Wildman–Crippen MR) is 158 cm³/mol. The number of aryl methyl sites for hydroxylation is 1. The molecular formula is C29H30ClFN6O3S. The summed E-state index contributed by atoms with van der Waals surface area (Å²) in [5.41, 5.74) is 2.16. The molecule has 0 radical (unpaired) electrons. The number of amidine groups is 1. The van der Waals surface area contributed by atoms with Crippen molar-refractivity contribution in [3.8, 4) is 11.3 Å². The van der Waals surface area contributed by atoms with Gasteiger partial charge in [-0.25, -0.2) is 9.37 Å². The first-order valence-corrected chi connectivity index (χ1v) is 15.0. The second-order valence-electron chi connectivity index (χ2n) is 10.4. The van der Waals surface area contributed by atoms with Crippen molar-refractivity contribution < 1.29 is 17.6 Å². The number of pyridine rings is 2. The number of anilines is 2. The van der Waals surface area contributed by atoms with E-state index < -0.39 is 16.0 Å². The zero-order chi connectivity index (χ0) is 29.6. The quantitative estimate of drug-likeness (QED) is 0.383. The summed E-state index contributed by atoms with van der Waals surface area (Å²) >= 11 is 6.72. The Morgan fingerprint density at radius 1 is 1.20 bits per heavy atom. The van der Waals surface area contributed by atoms with Crippen LogP contribution in [0, 0.1) is 12.7 Å². The minimum Gasteiger partial charge on any atom is -0.349 e. The van der Waals surface area contributed by atoms with E-state index in [2.05, 4.69) is 16.0 Å². The number of aromatic nitrogens is 2. The summed E-state index contributed by atoms with van der Waals surface area (Å²) in [7, 11) is -4.40. The predicted octanol–water partition coefficient (Wildman–Crippen LogP) is 5.23. The van der Waals surface area contributed by atoms with Crippen molar-refractivity contribution in [1.82, 2.24) is 19.8 Å². The van der Waals surface area contributed by atoms with Gasteiger partial charge in [-0.05, 0) is 55.7 Å². The number of fused-ring (bicyclic) bond motifs is 1. The molecule has 4 heterocycles. The lowest BCUT2D eigenvalue weighted by Crippen LogP contribution is -2.56. The molecule has 1 fully saturated rings. The van der Waals surface area contributed by atoms with Crippen molar-refractivity contribution in [2.24, 2.45) is 4.40 Å². The molecule has 0 aliphatic carbocycles. The molecule has 41 heavy (non-hydrogen) atoms. The van der Waals surface area contributed by atoms with Crippen LogP contribution in [0.3, 0.4) is 0 Å². The van der Waals surface area contributed by atoms with E-state index in [1.54, 1.807) is 48.4 Å². The molecule has 2 aromatic heterocycles. The molecule has 1 atom stereocenters. The number of carbonyl (C=O) groups is 1. The molecule has 0 N–H and O–H groups in total. The minimum absolute atomic E-state index is 0.0486. The monoisotopic (exact) mass is 596 g/mol. The normalized spacial score (nSPS) is 18.3. The summed E-state index contributed by atoms with van der Waals surface area (Å²) in [5.74, 6) is -0.654. The first-order valence-electron chi connectivity index (χ1n) is 13.2. The van der Waals surface area contributed by atoms with Crippen LogP contribution in [-0.4, -0.2) is 65.6 Å².